The van der Waals surface area contributed by atoms with E-state index in [1.165, 1.54) is 4.57 Å². The van der Waals surface area contributed by atoms with Crippen molar-refractivity contribution in [2.24, 2.45) is 7.05 Å². The number of aromatic nitrogens is 2. The zero-order chi connectivity index (χ0) is 21.7. The molecule has 0 radical (unpaired) electrons. The van der Waals surface area contributed by atoms with Crippen LogP contribution in [-0.4, -0.2) is 22.6 Å². The van der Waals surface area contributed by atoms with Crippen LogP contribution in [0.15, 0.2) is 58.1 Å². The minimum Gasteiger partial charge on any atom is -0.497 e. The van der Waals surface area contributed by atoms with Crippen molar-refractivity contribution in [3.63, 3.8) is 0 Å². The number of benzene rings is 2. The zero-order valence-electron chi connectivity index (χ0n) is 17.1. The number of carbonyl (C=O) groups is 1. The molecule has 0 saturated carbocycles. The summed E-state index contributed by atoms with van der Waals surface area (Å²) in [5.41, 5.74) is 1.48. The van der Waals surface area contributed by atoms with Crippen molar-refractivity contribution < 1.29 is 9.53 Å². The number of H-pyrrole nitrogens is 1. The van der Waals surface area contributed by atoms with Gasteiger partial charge >= 0.3 is 0 Å². The Morgan fingerprint density at radius 2 is 1.63 bits per heavy atom. The third-order valence-electron chi connectivity index (χ3n) is 4.62. The topological polar surface area (TPSA) is 93.2 Å². The van der Waals surface area contributed by atoms with Crippen LogP contribution in [0.4, 0.5) is 5.69 Å². The van der Waals surface area contributed by atoms with Gasteiger partial charge in [0.05, 0.1) is 7.11 Å². The first-order valence-corrected chi connectivity index (χ1v) is 9.48. The molecule has 3 rings (SSSR count). The first-order chi connectivity index (χ1) is 14.4. The van der Waals surface area contributed by atoms with Crippen LogP contribution in [0.3, 0.4) is 0 Å². The van der Waals surface area contributed by atoms with Crippen LogP contribution in [0.1, 0.15) is 24.5 Å². The number of hydrogen-bond acceptors (Lipinski definition) is 4. The summed E-state index contributed by atoms with van der Waals surface area (Å²) in [7, 11) is 3.14. The van der Waals surface area contributed by atoms with Crippen LogP contribution < -0.4 is 31.9 Å². The Morgan fingerprint density at radius 3 is 2.23 bits per heavy atom. The predicted octanol–water partition coefficient (Wildman–Crippen LogP) is 1.09. The molecule has 0 fully saturated rings. The summed E-state index contributed by atoms with van der Waals surface area (Å²) in [6.45, 7) is 1.78. The molecule has 7 nitrogen and oxygen atoms in total. The summed E-state index contributed by atoms with van der Waals surface area (Å²) < 4.78 is 6.45. The van der Waals surface area contributed by atoms with Gasteiger partial charge in [-0.25, -0.2) is 0 Å². The molecule has 0 aliphatic heterocycles. The van der Waals surface area contributed by atoms with E-state index in [2.05, 4.69) is 10.3 Å². The molecular weight excluding hydrogens is 382 g/mol. The molecule has 154 valence electrons. The van der Waals surface area contributed by atoms with E-state index in [1.54, 1.807) is 69.6 Å². The summed E-state index contributed by atoms with van der Waals surface area (Å²) in [6, 6.07) is 14.2. The first-order valence-electron chi connectivity index (χ1n) is 9.48. The van der Waals surface area contributed by atoms with Gasteiger partial charge in [-0.3, -0.25) is 14.4 Å². The van der Waals surface area contributed by atoms with E-state index >= 15 is 0 Å². The number of nitrogens with one attached hydrogen (secondary N) is 2. The molecule has 1 aromatic heterocycles. The Labute approximate surface area is 173 Å². The van der Waals surface area contributed by atoms with Crippen molar-refractivity contribution >= 4 is 23.7 Å². The van der Waals surface area contributed by atoms with Crippen LogP contribution in [-0.2, 0) is 11.8 Å². The highest BCUT2D eigenvalue weighted by Crippen LogP contribution is 2.11. The van der Waals surface area contributed by atoms with E-state index in [0.717, 1.165) is 11.1 Å². The second kappa shape index (κ2) is 9.09. The quantitative estimate of drug-likeness (QED) is 0.665. The molecular formula is C23H23N3O4. The fourth-order valence-electron chi connectivity index (χ4n) is 2.88. The average molecular weight is 405 g/mol. The van der Waals surface area contributed by atoms with Gasteiger partial charge in [-0.1, -0.05) is 31.2 Å². The normalized spacial score (nSPS) is 12.1. The minimum absolute atomic E-state index is 0.0753. The zero-order valence-corrected chi connectivity index (χ0v) is 17.1. The fourth-order valence-corrected chi connectivity index (χ4v) is 2.88. The van der Waals surface area contributed by atoms with Crippen molar-refractivity contribution in [2.75, 3.05) is 12.4 Å². The molecule has 30 heavy (non-hydrogen) atoms. The number of anilines is 1. The Morgan fingerprint density at radius 1 is 1.03 bits per heavy atom. The summed E-state index contributed by atoms with van der Waals surface area (Å²) in [5, 5.41) is 3.19. The SMILES string of the molecule is CCC(=O)Nc1ccc(C=c2[nH]c(=O)c(=Cc3ccc(OC)cc3)n(C)c2=O)cc1. The Hall–Kier alpha value is -3.87. The highest BCUT2D eigenvalue weighted by molar-refractivity contribution is 5.90. The van der Waals surface area contributed by atoms with Gasteiger partial charge in [-0.05, 0) is 47.5 Å². The smallest absolute Gasteiger partial charge is 0.274 e. The van der Waals surface area contributed by atoms with Gasteiger partial charge in [-0.15, -0.1) is 0 Å². The summed E-state index contributed by atoms with van der Waals surface area (Å²) in [5.74, 6) is 0.633. The molecule has 0 atom stereocenters. The lowest BCUT2D eigenvalue weighted by Crippen LogP contribution is -2.52. The number of methoxy groups -OCH3 is 1. The van der Waals surface area contributed by atoms with Gasteiger partial charge < -0.3 is 19.6 Å². The minimum atomic E-state index is -0.369. The van der Waals surface area contributed by atoms with Crippen LogP contribution in [0, 0.1) is 0 Å². The predicted molar refractivity (Wildman–Crippen MR) is 117 cm³/mol. The number of nitrogens with zero attached hydrogens (tertiary/aromatic N) is 1. The Bertz CT molecular complexity index is 1280. The highest BCUT2D eigenvalue weighted by Gasteiger charge is 2.03. The molecule has 7 heteroatoms. The third-order valence-corrected chi connectivity index (χ3v) is 4.62. The van der Waals surface area contributed by atoms with Gasteiger partial charge in [0, 0.05) is 19.2 Å². The van der Waals surface area contributed by atoms with E-state index in [0.29, 0.717) is 17.9 Å². The van der Waals surface area contributed by atoms with Crippen molar-refractivity contribution in [3.05, 3.63) is 91.1 Å². The molecule has 0 aliphatic rings. The standard InChI is InChI=1S/C23H23N3O4/c1-4-21(27)24-17-9-5-15(6-10-17)13-19-23(29)26(2)20(22(28)25-19)14-16-7-11-18(30-3)12-8-16/h5-14H,4H2,1-3H3,(H,24,27)(H,25,28). The molecule has 0 aliphatic carbocycles. The fraction of sp³-hybridized carbons (Fsp3) is 0.174. The van der Waals surface area contributed by atoms with Crippen molar-refractivity contribution in [1.29, 1.82) is 0 Å². The summed E-state index contributed by atoms with van der Waals surface area (Å²) >= 11 is 0. The lowest BCUT2D eigenvalue weighted by Gasteiger charge is -2.04. The second-order valence-electron chi connectivity index (χ2n) is 6.70. The lowest BCUT2D eigenvalue weighted by atomic mass is 10.2. The number of rotatable bonds is 5. The monoisotopic (exact) mass is 405 g/mol. The number of carbonyl (C=O) groups excluding carboxylic acids is 1. The molecule has 0 spiro atoms. The number of amides is 1. The van der Waals surface area contributed by atoms with E-state index in [1.807, 2.05) is 12.1 Å². The number of ether oxygens (including phenoxy) is 1. The maximum atomic E-state index is 12.8. The van der Waals surface area contributed by atoms with Crippen molar-refractivity contribution in [1.82, 2.24) is 9.55 Å². The van der Waals surface area contributed by atoms with Gasteiger partial charge in [-0.2, -0.15) is 0 Å². The maximum Gasteiger partial charge on any atom is 0.274 e. The van der Waals surface area contributed by atoms with Gasteiger partial charge in [0.2, 0.25) is 5.91 Å². The van der Waals surface area contributed by atoms with Crippen LogP contribution in [0.5, 0.6) is 5.75 Å². The van der Waals surface area contributed by atoms with Crippen LogP contribution in [0.2, 0.25) is 0 Å². The van der Waals surface area contributed by atoms with E-state index in [-0.39, 0.29) is 27.7 Å². The molecule has 2 aromatic carbocycles. The van der Waals surface area contributed by atoms with Crippen molar-refractivity contribution in [3.8, 4) is 5.75 Å². The molecule has 0 unspecified atom stereocenters. The largest absolute Gasteiger partial charge is 0.497 e. The number of aromatic amines is 1. The van der Waals surface area contributed by atoms with Crippen molar-refractivity contribution in [2.45, 2.75) is 13.3 Å². The second-order valence-corrected chi connectivity index (χ2v) is 6.70. The van der Waals surface area contributed by atoms with Gasteiger partial charge in [0.1, 0.15) is 16.4 Å². The molecule has 2 N–H and O–H groups in total. The van der Waals surface area contributed by atoms with E-state index in [4.69, 9.17) is 4.74 Å². The first kappa shape index (κ1) is 20.9. The molecule has 1 amide bonds. The molecule has 1 heterocycles. The molecule has 3 aromatic rings. The average Bonchev–Trinajstić information content (AvgIpc) is 2.76. The summed E-state index contributed by atoms with van der Waals surface area (Å²) in [6.07, 6.45) is 3.64. The summed E-state index contributed by atoms with van der Waals surface area (Å²) in [4.78, 5) is 39.5. The Kier molecular flexibility index (Phi) is 6.32. The third kappa shape index (κ3) is 4.75. The van der Waals surface area contributed by atoms with Crippen LogP contribution >= 0.6 is 0 Å². The maximum absolute atomic E-state index is 12.8. The lowest BCUT2D eigenvalue weighted by molar-refractivity contribution is -0.115. The Balaban J connectivity index is 2.00. The molecule has 0 saturated heterocycles. The van der Waals surface area contributed by atoms with E-state index in [9.17, 15) is 14.4 Å². The van der Waals surface area contributed by atoms with E-state index < -0.39 is 0 Å². The van der Waals surface area contributed by atoms with Crippen LogP contribution in [0.25, 0.3) is 12.2 Å². The molecule has 0 bridgehead atoms. The van der Waals surface area contributed by atoms with Gasteiger partial charge in [0.15, 0.2) is 0 Å². The highest BCUT2D eigenvalue weighted by atomic mass is 16.5. The van der Waals surface area contributed by atoms with Gasteiger partial charge in [0.25, 0.3) is 11.1 Å². The number of hydrogen-bond donors (Lipinski definition) is 2.